The molecule has 1 aromatic rings. The van der Waals surface area contributed by atoms with Crippen LogP contribution >= 0.6 is 0 Å². The van der Waals surface area contributed by atoms with Gasteiger partial charge in [-0.3, -0.25) is 4.79 Å². The van der Waals surface area contributed by atoms with Crippen molar-refractivity contribution in [2.75, 3.05) is 13.2 Å². The molecule has 1 aromatic carbocycles. The lowest BCUT2D eigenvalue weighted by Crippen LogP contribution is -2.10. The second-order valence-corrected chi connectivity index (χ2v) is 3.64. The summed E-state index contributed by atoms with van der Waals surface area (Å²) in [7, 11) is 0. The Kier molecular flexibility index (Phi) is 3.64. The lowest BCUT2D eigenvalue weighted by molar-refractivity contribution is -0.0464. The van der Waals surface area contributed by atoms with E-state index in [1.54, 1.807) is 0 Å². The van der Waals surface area contributed by atoms with Gasteiger partial charge in [0.1, 0.15) is 5.82 Å². The standard InChI is InChI=1S/C12H13FO3/c13-10-3-1-9(2-4-10)11(14)5-6-12-15-7-8-16-12/h1-4,12H,5-8H2. The maximum absolute atomic E-state index is 12.6. The third-order valence-electron chi connectivity index (χ3n) is 2.46. The smallest absolute Gasteiger partial charge is 0.163 e. The van der Waals surface area contributed by atoms with Gasteiger partial charge in [0.15, 0.2) is 12.1 Å². The van der Waals surface area contributed by atoms with Crippen molar-refractivity contribution >= 4 is 5.78 Å². The Bertz CT molecular complexity index is 355. The van der Waals surface area contributed by atoms with Crippen LogP contribution in [0.5, 0.6) is 0 Å². The van der Waals surface area contributed by atoms with Gasteiger partial charge in [-0.2, -0.15) is 0 Å². The van der Waals surface area contributed by atoms with Crippen LogP contribution in [0.3, 0.4) is 0 Å². The summed E-state index contributed by atoms with van der Waals surface area (Å²) in [4.78, 5) is 11.7. The normalized spacial score (nSPS) is 16.6. The van der Waals surface area contributed by atoms with E-state index in [2.05, 4.69) is 0 Å². The molecule has 16 heavy (non-hydrogen) atoms. The van der Waals surface area contributed by atoms with Crippen molar-refractivity contribution in [2.24, 2.45) is 0 Å². The molecule has 2 rings (SSSR count). The number of halogens is 1. The van der Waals surface area contributed by atoms with Gasteiger partial charge in [0.05, 0.1) is 13.2 Å². The van der Waals surface area contributed by atoms with Gasteiger partial charge >= 0.3 is 0 Å². The summed E-state index contributed by atoms with van der Waals surface area (Å²) in [5.74, 6) is -0.349. The monoisotopic (exact) mass is 224 g/mol. The van der Waals surface area contributed by atoms with E-state index in [9.17, 15) is 9.18 Å². The van der Waals surface area contributed by atoms with E-state index in [0.717, 1.165) is 0 Å². The van der Waals surface area contributed by atoms with Gasteiger partial charge in [-0.25, -0.2) is 4.39 Å². The highest BCUT2D eigenvalue weighted by molar-refractivity contribution is 5.95. The van der Waals surface area contributed by atoms with E-state index in [4.69, 9.17) is 9.47 Å². The molecule has 0 N–H and O–H groups in total. The highest BCUT2D eigenvalue weighted by Gasteiger charge is 2.17. The van der Waals surface area contributed by atoms with Gasteiger partial charge in [-0.05, 0) is 24.3 Å². The summed E-state index contributed by atoms with van der Waals surface area (Å²) >= 11 is 0. The van der Waals surface area contributed by atoms with Crippen LogP contribution in [0, 0.1) is 5.82 Å². The number of hydrogen-bond acceptors (Lipinski definition) is 3. The highest BCUT2D eigenvalue weighted by atomic mass is 19.1. The molecule has 0 amide bonds. The van der Waals surface area contributed by atoms with Gasteiger partial charge in [0.25, 0.3) is 0 Å². The molecule has 3 nitrogen and oxygen atoms in total. The summed E-state index contributed by atoms with van der Waals surface area (Å²) < 4.78 is 23.1. The van der Waals surface area contributed by atoms with Gasteiger partial charge in [0.2, 0.25) is 0 Å². The number of carbonyl (C=O) groups is 1. The molecular formula is C12H13FO3. The van der Waals surface area contributed by atoms with E-state index in [1.807, 2.05) is 0 Å². The molecule has 0 aromatic heterocycles. The molecule has 0 aliphatic carbocycles. The lowest BCUT2D eigenvalue weighted by atomic mass is 10.1. The van der Waals surface area contributed by atoms with Crippen LogP contribution < -0.4 is 0 Å². The first kappa shape index (κ1) is 11.2. The second kappa shape index (κ2) is 5.18. The Morgan fingerprint density at radius 1 is 1.25 bits per heavy atom. The highest BCUT2D eigenvalue weighted by Crippen LogP contribution is 2.13. The van der Waals surface area contributed by atoms with E-state index in [0.29, 0.717) is 31.6 Å². The van der Waals surface area contributed by atoms with Gasteiger partial charge < -0.3 is 9.47 Å². The minimum absolute atomic E-state index is 0.0147. The van der Waals surface area contributed by atoms with Crippen molar-refractivity contribution < 1.29 is 18.7 Å². The van der Waals surface area contributed by atoms with Crippen molar-refractivity contribution in [2.45, 2.75) is 19.1 Å². The molecular weight excluding hydrogens is 211 g/mol. The zero-order valence-corrected chi connectivity index (χ0v) is 8.82. The lowest BCUT2D eigenvalue weighted by Gasteiger charge is -2.07. The summed E-state index contributed by atoms with van der Waals surface area (Å²) in [5.41, 5.74) is 0.527. The zero-order chi connectivity index (χ0) is 11.4. The van der Waals surface area contributed by atoms with Gasteiger partial charge in [-0.15, -0.1) is 0 Å². The third-order valence-corrected chi connectivity index (χ3v) is 2.46. The number of hydrogen-bond donors (Lipinski definition) is 0. The number of ether oxygens (including phenoxy) is 2. The first-order valence-electron chi connectivity index (χ1n) is 5.28. The average Bonchev–Trinajstić information content (AvgIpc) is 2.80. The fourth-order valence-corrected chi connectivity index (χ4v) is 1.60. The fourth-order valence-electron chi connectivity index (χ4n) is 1.60. The minimum Gasteiger partial charge on any atom is -0.350 e. The molecule has 0 bridgehead atoms. The van der Waals surface area contributed by atoms with Crippen LogP contribution in [0.15, 0.2) is 24.3 Å². The molecule has 1 aliphatic rings. The van der Waals surface area contributed by atoms with Crippen LogP contribution in [-0.4, -0.2) is 25.3 Å². The minimum atomic E-state index is -0.334. The first-order valence-corrected chi connectivity index (χ1v) is 5.28. The van der Waals surface area contributed by atoms with E-state index < -0.39 is 0 Å². The van der Waals surface area contributed by atoms with Crippen molar-refractivity contribution in [3.63, 3.8) is 0 Å². The number of Topliss-reactive ketones (excluding diaryl/α,β-unsaturated/α-hetero) is 1. The third kappa shape index (κ3) is 2.87. The molecule has 0 saturated carbocycles. The topological polar surface area (TPSA) is 35.5 Å². The fraction of sp³-hybridized carbons (Fsp3) is 0.417. The molecule has 0 radical (unpaired) electrons. The van der Waals surface area contributed by atoms with E-state index >= 15 is 0 Å². The van der Waals surface area contributed by atoms with Crippen LogP contribution in [0.25, 0.3) is 0 Å². The summed E-state index contributed by atoms with van der Waals surface area (Å²) in [6.45, 7) is 1.19. The van der Waals surface area contributed by atoms with Crippen molar-refractivity contribution in [3.05, 3.63) is 35.6 Å². The SMILES string of the molecule is O=C(CCC1OCCO1)c1ccc(F)cc1. The van der Waals surface area contributed by atoms with Crippen molar-refractivity contribution in [3.8, 4) is 0 Å². The maximum Gasteiger partial charge on any atom is 0.163 e. The Balaban J connectivity index is 1.85. The number of rotatable bonds is 4. The Hall–Kier alpha value is -1.26. The molecule has 0 atom stereocenters. The summed E-state index contributed by atoms with van der Waals surface area (Å²) in [6.07, 6.45) is 0.649. The zero-order valence-electron chi connectivity index (χ0n) is 8.82. The Morgan fingerprint density at radius 2 is 1.88 bits per heavy atom. The van der Waals surface area contributed by atoms with Crippen molar-refractivity contribution in [1.82, 2.24) is 0 Å². The van der Waals surface area contributed by atoms with E-state index in [1.165, 1.54) is 24.3 Å². The molecule has 1 heterocycles. The Morgan fingerprint density at radius 3 is 2.50 bits per heavy atom. The van der Waals surface area contributed by atoms with Crippen molar-refractivity contribution in [1.29, 1.82) is 0 Å². The van der Waals surface area contributed by atoms with Crippen LogP contribution in [-0.2, 0) is 9.47 Å². The molecule has 0 spiro atoms. The molecule has 1 saturated heterocycles. The summed E-state index contributed by atoms with van der Waals surface area (Å²) in [5, 5.41) is 0. The number of benzene rings is 1. The maximum atomic E-state index is 12.6. The predicted molar refractivity (Wildman–Crippen MR) is 55.7 cm³/mol. The predicted octanol–water partition coefficient (Wildman–Crippen LogP) is 2.16. The van der Waals surface area contributed by atoms with Crippen LogP contribution in [0.2, 0.25) is 0 Å². The first-order chi connectivity index (χ1) is 7.75. The largest absolute Gasteiger partial charge is 0.350 e. The number of ketones is 1. The van der Waals surface area contributed by atoms with Gasteiger partial charge in [0, 0.05) is 18.4 Å². The quantitative estimate of drug-likeness (QED) is 0.735. The van der Waals surface area contributed by atoms with E-state index in [-0.39, 0.29) is 17.9 Å². The summed E-state index contributed by atoms with van der Waals surface area (Å²) in [6, 6.07) is 5.56. The molecule has 4 heteroatoms. The molecule has 1 fully saturated rings. The number of carbonyl (C=O) groups excluding carboxylic acids is 1. The van der Waals surface area contributed by atoms with Gasteiger partial charge in [-0.1, -0.05) is 0 Å². The Labute approximate surface area is 93.2 Å². The second-order valence-electron chi connectivity index (χ2n) is 3.64. The molecule has 86 valence electrons. The van der Waals surface area contributed by atoms with Crippen LogP contribution in [0.4, 0.5) is 4.39 Å². The average molecular weight is 224 g/mol. The molecule has 0 unspecified atom stereocenters. The van der Waals surface area contributed by atoms with Crippen LogP contribution in [0.1, 0.15) is 23.2 Å². The molecule has 1 aliphatic heterocycles.